The molecule has 0 amide bonds. The summed E-state index contributed by atoms with van der Waals surface area (Å²) in [5, 5.41) is 8.56. The molecule has 0 bridgehead atoms. The summed E-state index contributed by atoms with van der Waals surface area (Å²) in [5.74, 6) is -0.178. The first-order valence-corrected chi connectivity index (χ1v) is 5.64. The summed E-state index contributed by atoms with van der Waals surface area (Å²) >= 11 is 0. The van der Waals surface area contributed by atoms with Gasteiger partial charge in [-0.15, -0.1) is 0 Å². The third-order valence-electron chi connectivity index (χ3n) is 2.92. The maximum Gasteiger partial charge on any atom is 0.303 e. The van der Waals surface area contributed by atoms with Crippen LogP contribution in [0.15, 0.2) is 24.3 Å². The van der Waals surface area contributed by atoms with Crippen LogP contribution in [-0.4, -0.2) is 24.3 Å². The highest BCUT2D eigenvalue weighted by Gasteiger charge is 2.20. The number of benzene rings is 1. The molecule has 0 aliphatic carbocycles. The van der Waals surface area contributed by atoms with Gasteiger partial charge in [0.1, 0.15) is 0 Å². The van der Waals surface area contributed by atoms with Gasteiger partial charge in [0, 0.05) is 12.3 Å². The zero-order valence-corrected chi connectivity index (χ0v) is 9.19. The lowest BCUT2D eigenvalue weighted by Crippen LogP contribution is -2.25. The Morgan fingerprint density at radius 1 is 1.44 bits per heavy atom. The number of hydrogen-bond acceptors (Lipinski definition) is 2. The van der Waals surface area contributed by atoms with Gasteiger partial charge in [-0.3, -0.25) is 4.79 Å². The Morgan fingerprint density at radius 3 is 2.88 bits per heavy atom. The summed E-state index contributed by atoms with van der Waals surface area (Å²) in [5.41, 5.74) is 2.55. The largest absolute Gasteiger partial charge is 0.481 e. The van der Waals surface area contributed by atoms with Gasteiger partial charge in [-0.1, -0.05) is 24.3 Å². The predicted octanol–water partition coefficient (Wildman–Crippen LogP) is 2.21. The molecule has 3 nitrogen and oxygen atoms in total. The number of aliphatic carboxylic acids is 1. The molecule has 0 atom stereocenters. The van der Waals surface area contributed by atoms with Crippen LogP contribution in [-0.2, 0) is 16.0 Å². The molecule has 0 saturated carbocycles. The Morgan fingerprint density at radius 2 is 2.25 bits per heavy atom. The highest BCUT2D eigenvalue weighted by Crippen LogP contribution is 2.24. The molecule has 16 heavy (non-hydrogen) atoms. The minimum absolute atomic E-state index is 0.247. The molecule has 0 spiro atoms. The van der Waals surface area contributed by atoms with E-state index in [0.717, 1.165) is 19.6 Å². The van der Waals surface area contributed by atoms with Gasteiger partial charge in [0.15, 0.2) is 0 Å². The number of carboxylic acid groups (broad SMARTS) is 1. The molecule has 1 aromatic carbocycles. The van der Waals surface area contributed by atoms with E-state index in [4.69, 9.17) is 9.84 Å². The summed E-state index contributed by atoms with van der Waals surface area (Å²) in [4.78, 5) is 10.4. The lowest BCUT2D eigenvalue weighted by atomic mass is 9.95. The molecule has 1 heterocycles. The van der Waals surface area contributed by atoms with Crippen molar-refractivity contribution in [2.24, 2.45) is 0 Å². The van der Waals surface area contributed by atoms with Gasteiger partial charge in [0.25, 0.3) is 0 Å². The Kier molecular flexibility index (Phi) is 3.57. The van der Waals surface area contributed by atoms with Gasteiger partial charge in [0.2, 0.25) is 0 Å². The maximum atomic E-state index is 10.4. The van der Waals surface area contributed by atoms with Crippen molar-refractivity contribution in [3.8, 4) is 0 Å². The van der Waals surface area contributed by atoms with E-state index >= 15 is 0 Å². The Hall–Kier alpha value is -1.35. The molecule has 1 saturated heterocycles. The number of rotatable bonds is 5. The van der Waals surface area contributed by atoms with Crippen LogP contribution >= 0.6 is 0 Å². The molecule has 86 valence electrons. The van der Waals surface area contributed by atoms with Crippen molar-refractivity contribution in [3.05, 3.63) is 35.4 Å². The van der Waals surface area contributed by atoms with E-state index in [1.807, 2.05) is 6.07 Å². The fourth-order valence-electron chi connectivity index (χ4n) is 1.87. The average molecular weight is 220 g/mol. The molecule has 0 unspecified atom stereocenters. The Balaban J connectivity index is 1.91. The number of aryl methyl sites for hydroxylation is 1. The summed E-state index contributed by atoms with van der Waals surface area (Å²) in [6.45, 7) is 1.64. The van der Waals surface area contributed by atoms with Crippen LogP contribution in [0.5, 0.6) is 0 Å². The van der Waals surface area contributed by atoms with Gasteiger partial charge in [-0.25, -0.2) is 0 Å². The van der Waals surface area contributed by atoms with E-state index in [1.165, 1.54) is 11.1 Å². The molecule has 2 rings (SSSR count). The average Bonchev–Trinajstić information content (AvgIpc) is 2.15. The van der Waals surface area contributed by atoms with E-state index in [1.54, 1.807) is 0 Å². The molecule has 1 aromatic rings. The van der Waals surface area contributed by atoms with Gasteiger partial charge in [-0.2, -0.15) is 0 Å². The van der Waals surface area contributed by atoms with Crippen molar-refractivity contribution >= 4 is 5.97 Å². The number of hydrogen-bond donors (Lipinski definition) is 1. The standard InChI is InChI=1S/C13H16O3/c14-13(15)6-2-4-10-3-1-5-11(7-10)12-8-16-9-12/h1,3,5,7,12H,2,4,6,8-9H2,(H,14,15). The van der Waals surface area contributed by atoms with Gasteiger partial charge in [0.05, 0.1) is 13.2 Å². The molecule has 3 heteroatoms. The van der Waals surface area contributed by atoms with Crippen LogP contribution < -0.4 is 0 Å². The third kappa shape index (κ3) is 2.83. The van der Waals surface area contributed by atoms with E-state index in [-0.39, 0.29) is 6.42 Å². The molecule has 1 aliphatic rings. The minimum Gasteiger partial charge on any atom is -0.481 e. The van der Waals surface area contributed by atoms with Crippen LogP contribution in [0.4, 0.5) is 0 Å². The zero-order valence-electron chi connectivity index (χ0n) is 9.19. The minimum atomic E-state index is -0.719. The van der Waals surface area contributed by atoms with E-state index < -0.39 is 5.97 Å². The van der Waals surface area contributed by atoms with Crippen molar-refractivity contribution in [2.45, 2.75) is 25.2 Å². The normalized spacial score (nSPS) is 15.8. The Bertz CT molecular complexity index is 369. The zero-order chi connectivity index (χ0) is 11.4. The quantitative estimate of drug-likeness (QED) is 0.827. The summed E-state index contributed by atoms with van der Waals surface area (Å²) in [6.07, 6.45) is 1.80. The van der Waals surface area contributed by atoms with Crippen molar-refractivity contribution in [3.63, 3.8) is 0 Å². The Labute approximate surface area is 95.0 Å². The van der Waals surface area contributed by atoms with Crippen molar-refractivity contribution < 1.29 is 14.6 Å². The van der Waals surface area contributed by atoms with Crippen molar-refractivity contribution in [1.29, 1.82) is 0 Å². The van der Waals surface area contributed by atoms with Crippen LogP contribution in [0.3, 0.4) is 0 Å². The molecule has 0 radical (unpaired) electrons. The van der Waals surface area contributed by atoms with Gasteiger partial charge in [-0.05, 0) is 24.0 Å². The van der Waals surface area contributed by atoms with Crippen molar-refractivity contribution in [1.82, 2.24) is 0 Å². The molecule has 1 fully saturated rings. The van der Waals surface area contributed by atoms with Crippen LogP contribution in [0, 0.1) is 0 Å². The fourth-order valence-corrected chi connectivity index (χ4v) is 1.87. The highest BCUT2D eigenvalue weighted by atomic mass is 16.5. The second kappa shape index (κ2) is 5.12. The maximum absolute atomic E-state index is 10.4. The fraction of sp³-hybridized carbons (Fsp3) is 0.462. The first-order chi connectivity index (χ1) is 7.75. The SMILES string of the molecule is O=C(O)CCCc1cccc(C2COC2)c1. The second-order valence-corrected chi connectivity index (χ2v) is 4.23. The smallest absolute Gasteiger partial charge is 0.303 e. The first-order valence-electron chi connectivity index (χ1n) is 5.64. The van der Waals surface area contributed by atoms with Crippen LogP contribution in [0.1, 0.15) is 29.9 Å². The van der Waals surface area contributed by atoms with Crippen LogP contribution in [0.2, 0.25) is 0 Å². The lowest BCUT2D eigenvalue weighted by molar-refractivity contribution is -0.137. The first kappa shape index (κ1) is 11.1. The summed E-state index contributed by atoms with van der Waals surface area (Å²) in [6, 6.07) is 8.40. The van der Waals surface area contributed by atoms with Gasteiger partial charge >= 0.3 is 5.97 Å². The topological polar surface area (TPSA) is 46.5 Å². The number of carboxylic acids is 1. The number of ether oxygens (including phenoxy) is 1. The monoisotopic (exact) mass is 220 g/mol. The third-order valence-corrected chi connectivity index (χ3v) is 2.92. The molecule has 1 N–H and O–H groups in total. The van der Waals surface area contributed by atoms with E-state index in [2.05, 4.69) is 18.2 Å². The van der Waals surface area contributed by atoms with Gasteiger partial charge < -0.3 is 9.84 Å². The second-order valence-electron chi connectivity index (χ2n) is 4.23. The summed E-state index contributed by atoms with van der Waals surface area (Å²) in [7, 11) is 0. The number of carbonyl (C=O) groups is 1. The molecule has 1 aliphatic heterocycles. The summed E-state index contributed by atoms with van der Waals surface area (Å²) < 4.78 is 5.16. The molecule has 0 aromatic heterocycles. The van der Waals surface area contributed by atoms with E-state index in [9.17, 15) is 4.79 Å². The van der Waals surface area contributed by atoms with Crippen molar-refractivity contribution in [2.75, 3.05) is 13.2 Å². The predicted molar refractivity (Wildman–Crippen MR) is 60.6 cm³/mol. The molecular weight excluding hydrogens is 204 g/mol. The van der Waals surface area contributed by atoms with Crippen LogP contribution in [0.25, 0.3) is 0 Å². The molecular formula is C13H16O3. The highest BCUT2D eigenvalue weighted by molar-refractivity contribution is 5.66. The lowest BCUT2D eigenvalue weighted by Gasteiger charge is -2.26. The van der Waals surface area contributed by atoms with E-state index in [0.29, 0.717) is 12.3 Å².